The summed E-state index contributed by atoms with van der Waals surface area (Å²) in [4.78, 5) is 0. The molecular formula is C10H10FNO2S. The van der Waals surface area contributed by atoms with Crippen LogP contribution in [0.4, 0.5) is 4.39 Å². The number of nitriles is 1. The van der Waals surface area contributed by atoms with Gasteiger partial charge in [0, 0.05) is 11.3 Å². The van der Waals surface area contributed by atoms with E-state index in [1.165, 1.54) is 6.07 Å². The van der Waals surface area contributed by atoms with Crippen molar-refractivity contribution in [2.45, 2.75) is 12.2 Å². The Balaban J connectivity index is 3.12. The van der Waals surface area contributed by atoms with Crippen LogP contribution in [0.1, 0.15) is 17.2 Å². The normalized spacial score (nSPS) is 14.3. The Morgan fingerprint density at radius 2 is 2.13 bits per heavy atom. The first-order chi connectivity index (χ1) is 7.10. The topological polar surface area (TPSA) is 64.2 Å². The number of thiol groups is 1. The second-order valence-electron chi connectivity index (χ2n) is 3.04. The van der Waals surface area contributed by atoms with Crippen LogP contribution >= 0.6 is 12.6 Å². The fraction of sp³-hybridized carbons (Fsp3) is 0.300. The zero-order valence-corrected chi connectivity index (χ0v) is 8.66. The molecule has 2 N–H and O–H groups in total. The van der Waals surface area contributed by atoms with Gasteiger partial charge in [-0.05, 0) is 18.2 Å². The first kappa shape index (κ1) is 12.0. The second-order valence-corrected chi connectivity index (χ2v) is 3.40. The summed E-state index contributed by atoms with van der Waals surface area (Å²) in [5.41, 5.74) is 0.226. The van der Waals surface area contributed by atoms with E-state index in [1.54, 1.807) is 0 Å². The highest BCUT2D eigenvalue weighted by molar-refractivity contribution is 7.80. The fourth-order valence-electron chi connectivity index (χ4n) is 1.19. The fourth-order valence-corrected chi connectivity index (χ4v) is 1.39. The van der Waals surface area contributed by atoms with Gasteiger partial charge in [-0.15, -0.1) is 0 Å². The van der Waals surface area contributed by atoms with Gasteiger partial charge in [-0.1, -0.05) is 0 Å². The summed E-state index contributed by atoms with van der Waals surface area (Å²) in [7, 11) is 0. The number of aliphatic hydroxyl groups is 2. The summed E-state index contributed by atoms with van der Waals surface area (Å²) in [6.45, 7) is 0. The van der Waals surface area contributed by atoms with Gasteiger partial charge in [0.15, 0.2) is 0 Å². The lowest BCUT2D eigenvalue weighted by molar-refractivity contribution is 0.0334. The summed E-state index contributed by atoms with van der Waals surface area (Å²) in [6, 6.07) is 5.25. The van der Waals surface area contributed by atoms with Crippen LogP contribution in [0.5, 0.6) is 0 Å². The molecule has 1 rings (SSSR count). The van der Waals surface area contributed by atoms with Gasteiger partial charge in [-0.25, -0.2) is 4.39 Å². The Kier molecular flexibility index (Phi) is 4.09. The molecule has 0 aromatic heterocycles. The summed E-state index contributed by atoms with van der Waals surface area (Å²) < 4.78 is 12.9. The standard InChI is InChI=1S/C10H10FNO2S/c11-7-2-1-6(4-12)8(3-7)10(14)9(13)5-15/h1-3,9-10,13-15H,5H2. The highest BCUT2D eigenvalue weighted by atomic mass is 32.1. The molecule has 1 aromatic carbocycles. The molecule has 0 fully saturated rings. The SMILES string of the molecule is N#Cc1ccc(F)cc1C(O)C(O)CS. The number of aliphatic hydroxyl groups excluding tert-OH is 2. The summed E-state index contributed by atoms with van der Waals surface area (Å²) in [6.07, 6.45) is -2.42. The van der Waals surface area contributed by atoms with Crippen molar-refractivity contribution in [2.75, 3.05) is 5.75 Å². The third-order valence-electron chi connectivity index (χ3n) is 2.00. The van der Waals surface area contributed by atoms with Gasteiger partial charge in [0.2, 0.25) is 0 Å². The van der Waals surface area contributed by atoms with E-state index in [2.05, 4.69) is 12.6 Å². The summed E-state index contributed by atoms with van der Waals surface area (Å²) >= 11 is 3.81. The smallest absolute Gasteiger partial charge is 0.123 e. The van der Waals surface area contributed by atoms with Crippen LogP contribution in [0.15, 0.2) is 18.2 Å². The lowest BCUT2D eigenvalue weighted by Crippen LogP contribution is -2.20. The molecule has 0 spiro atoms. The molecule has 1 aromatic rings. The molecule has 2 atom stereocenters. The average Bonchev–Trinajstić information content (AvgIpc) is 2.27. The molecule has 3 nitrogen and oxygen atoms in total. The van der Waals surface area contributed by atoms with Gasteiger partial charge in [-0.3, -0.25) is 0 Å². The largest absolute Gasteiger partial charge is 0.389 e. The number of halogens is 1. The molecule has 0 aliphatic carbocycles. The molecule has 0 saturated carbocycles. The molecular weight excluding hydrogens is 217 g/mol. The molecule has 0 aliphatic rings. The van der Waals surface area contributed by atoms with Crippen molar-refractivity contribution in [1.29, 1.82) is 5.26 Å². The number of benzene rings is 1. The summed E-state index contributed by atoms with van der Waals surface area (Å²) in [5, 5.41) is 27.7. The number of hydrogen-bond donors (Lipinski definition) is 3. The van der Waals surface area contributed by atoms with E-state index in [9.17, 15) is 14.6 Å². The summed E-state index contributed by atoms with van der Waals surface area (Å²) in [5.74, 6) is -0.530. The van der Waals surface area contributed by atoms with Gasteiger partial charge < -0.3 is 10.2 Å². The van der Waals surface area contributed by atoms with E-state index in [0.29, 0.717) is 0 Å². The van der Waals surface area contributed by atoms with Gasteiger partial charge in [-0.2, -0.15) is 17.9 Å². The van der Waals surface area contributed by atoms with Crippen LogP contribution in [0.2, 0.25) is 0 Å². The molecule has 5 heteroatoms. The van der Waals surface area contributed by atoms with E-state index < -0.39 is 18.0 Å². The Morgan fingerprint density at radius 1 is 1.47 bits per heavy atom. The van der Waals surface area contributed by atoms with E-state index in [1.807, 2.05) is 6.07 Å². The van der Waals surface area contributed by atoms with E-state index >= 15 is 0 Å². The van der Waals surface area contributed by atoms with Gasteiger partial charge >= 0.3 is 0 Å². The number of hydrogen-bond acceptors (Lipinski definition) is 4. The number of rotatable bonds is 3. The monoisotopic (exact) mass is 227 g/mol. The van der Waals surface area contributed by atoms with Gasteiger partial charge in [0.25, 0.3) is 0 Å². The van der Waals surface area contributed by atoms with Crippen molar-refractivity contribution in [3.8, 4) is 6.07 Å². The van der Waals surface area contributed by atoms with Crippen molar-refractivity contribution in [3.63, 3.8) is 0 Å². The van der Waals surface area contributed by atoms with E-state index in [0.717, 1.165) is 12.1 Å². The molecule has 2 unspecified atom stereocenters. The van der Waals surface area contributed by atoms with Crippen molar-refractivity contribution >= 4 is 12.6 Å². The van der Waals surface area contributed by atoms with Crippen LogP contribution in [0.25, 0.3) is 0 Å². The lowest BCUT2D eigenvalue weighted by Gasteiger charge is -2.17. The Morgan fingerprint density at radius 3 is 2.67 bits per heavy atom. The van der Waals surface area contributed by atoms with Crippen LogP contribution in [-0.2, 0) is 0 Å². The zero-order chi connectivity index (χ0) is 11.4. The first-order valence-electron chi connectivity index (χ1n) is 4.26. The molecule has 0 radical (unpaired) electrons. The van der Waals surface area contributed by atoms with Crippen molar-refractivity contribution in [1.82, 2.24) is 0 Å². The Labute approximate surface area is 92.2 Å². The first-order valence-corrected chi connectivity index (χ1v) is 4.90. The third kappa shape index (κ3) is 2.69. The molecule has 15 heavy (non-hydrogen) atoms. The quantitative estimate of drug-likeness (QED) is 0.675. The highest BCUT2D eigenvalue weighted by Crippen LogP contribution is 2.22. The van der Waals surface area contributed by atoms with Gasteiger partial charge in [0.1, 0.15) is 11.9 Å². The maximum atomic E-state index is 12.9. The lowest BCUT2D eigenvalue weighted by atomic mass is 10.00. The van der Waals surface area contributed by atoms with Crippen LogP contribution < -0.4 is 0 Å². The van der Waals surface area contributed by atoms with Crippen molar-refractivity contribution < 1.29 is 14.6 Å². The van der Waals surface area contributed by atoms with Crippen molar-refractivity contribution in [3.05, 3.63) is 35.1 Å². The average molecular weight is 227 g/mol. The molecule has 0 aliphatic heterocycles. The highest BCUT2D eigenvalue weighted by Gasteiger charge is 2.20. The minimum Gasteiger partial charge on any atom is -0.389 e. The van der Waals surface area contributed by atoms with Crippen molar-refractivity contribution in [2.24, 2.45) is 0 Å². The number of nitrogens with zero attached hydrogens (tertiary/aromatic N) is 1. The van der Waals surface area contributed by atoms with Crippen LogP contribution in [0.3, 0.4) is 0 Å². The predicted octanol–water partition coefficient (Wildman–Crippen LogP) is 1.02. The Hall–Kier alpha value is -1.09. The molecule has 80 valence electrons. The van der Waals surface area contributed by atoms with Crippen LogP contribution in [0, 0.1) is 17.1 Å². The van der Waals surface area contributed by atoms with E-state index in [4.69, 9.17) is 5.26 Å². The van der Waals surface area contributed by atoms with Crippen LogP contribution in [-0.4, -0.2) is 22.1 Å². The minimum absolute atomic E-state index is 0.0303. The predicted molar refractivity (Wildman–Crippen MR) is 55.9 cm³/mol. The maximum absolute atomic E-state index is 12.9. The third-order valence-corrected chi connectivity index (χ3v) is 2.38. The minimum atomic E-state index is -1.30. The Bertz CT molecular complexity index is 391. The molecule has 0 bridgehead atoms. The maximum Gasteiger partial charge on any atom is 0.123 e. The van der Waals surface area contributed by atoms with E-state index in [-0.39, 0.29) is 16.9 Å². The molecule has 0 saturated heterocycles. The zero-order valence-electron chi connectivity index (χ0n) is 7.76. The molecule has 0 amide bonds. The van der Waals surface area contributed by atoms with Gasteiger partial charge in [0.05, 0.1) is 17.7 Å². The second kappa shape index (κ2) is 5.12. The molecule has 0 heterocycles.